The summed E-state index contributed by atoms with van der Waals surface area (Å²) in [6.45, 7) is 3.04. The molecule has 3 heterocycles. The van der Waals surface area contributed by atoms with Gasteiger partial charge in [0.1, 0.15) is 0 Å². The number of aryl methyl sites for hydroxylation is 1. The van der Waals surface area contributed by atoms with Gasteiger partial charge in [-0.05, 0) is 61.6 Å². The Labute approximate surface area is 188 Å². The molecule has 1 aromatic heterocycles. The standard InChI is InChI=1S/C23H28N4O4S/c1-17(28)27-13-5-6-18-14-21(9-10-22(18)27)32(30,31)26-12-4-7-19(16-26)23(29)25-15-20-8-2-3-11-24-20/h2-3,8-11,14,19H,4-7,12-13,15-16H2,1H3,(H,25,29). The van der Waals surface area contributed by atoms with Crippen molar-refractivity contribution in [3.63, 3.8) is 0 Å². The summed E-state index contributed by atoms with van der Waals surface area (Å²) < 4.78 is 28.1. The predicted octanol–water partition coefficient (Wildman–Crippen LogP) is 2.10. The van der Waals surface area contributed by atoms with Crippen molar-refractivity contribution < 1.29 is 18.0 Å². The number of hydrogen-bond acceptors (Lipinski definition) is 5. The van der Waals surface area contributed by atoms with E-state index < -0.39 is 15.9 Å². The van der Waals surface area contributed by atoms with Gasteiger partial charge in [-0.1, -0.05) is 6.07 Å². The Morgan fingerprint density at radius 2 is 2.00 bits per heavy atom. The number of anilines is 1. The molecule has 1 N–H and O–H groups in total. The second-order valence-electron chi connectivity index (χ2n) is 8.31. The summed E-state index contributed by atoms with van der Waals surface area (Å²) in [4.78, 5) is 30.7. The van der Waals surface area contributed by atoms with Crippen LogP contribution in [0.4, 0.5) is 5.69 Å². The molecular formula is C23H28N4O4S. The first-order valence-electron chi connectivity index (χ1n) is 10.9. The number of hydrogen-bond donors (Lipinski definition) is 1. The summed E-state index contributed by atoms with van der Waals surface area (Å²) in [5.41, 5.74) is 2.41. The fourth-order valence-electron chi connectivity index (χ4n) is 4.41. The molecule has 8 nitrogen and oxygen atoms in total. The van der Waals surface area contributed by atoms with Gasteiger partial charge in [-0.2, -0.15) is 4.31 Å². The minimum atomic E-state index is -3.73. The molecule has 2 amide bonds. The number of carbonyl (C=O) groups is 2. The lowest BCUT2D eigenvalue weighted by atomic mass is 9.99. The zero-order valence-corrected chi connectivity index (χ0v) is 19.0. The topological polar surface area (TPSA) is 99.7 Å². The van der Waals surface area contributed by atoms with Crippen LogP contribution >= 0.6 is 0 Å². The van der Waals surface area contributed by atoms with Crippen LogP contribution in [0.15, 0.2) is 47.5 Å². The van der Waals surface area contributed by atoms with E-state index in [1.54, 1.807) is 29.3 Å². The first-order valence-corrected chi connectivity index (χ1v) is 12.4. The maximum absolute atomic E-state index is 13.3. The number of pyridine rings is 1. The van der Waals surface area contributed by atoms with Crippen LogP contribution in [0.25, 0.3) is 0 Å². The van der Waals surface area contributed by atoms with Gasteiger partial charge in [0.15, 0.2) is 0 Å². The number of fused-ring (bicyclic) bond motifs is 1. The fourth-order valence-corrected chi connectivity index (χ4v) is 5.98. The van der Waals surface area contributed by atoms with Crippen LogP contribution in [0.5, 0.6) is 0 Å². The summed E-state index contributed by atoms with van der Waals surface area (Å²) in [6, 6.07) is 10.5. The largest absolute Gasteiger partial charge is 0.350 e. The molecule has 0 aliphatic carbocycles. The SMILES string of the molecule is CC(=O)N1CCCc2cc(S(=O)(=O)N3CCCC(C(=O)NCc4ccccn4)C3)ccc21. The highest BCUT2D eigenvalue weighted by atomic mass is 32.2. The molecule has 1 unspecified atom stereocenters. The average molecular weight is 457 g/mol. The molecule has 2 aliphatic heterocycles. The third-order valence-electron chi connectivity index (χ3n) is 6.11. The Bertz CT molecular complexity index is 1100. The van der Waals surface area contributed by atoms with Crippen molar-refractivity contribution in [1.29, 1.82) is 0 Å². The molecule has 1 fully saturated rings. The van der Waals surface area contributed by atoms with E-state index in [1.807, 2.05) is 18.2 Å². The Morgan fingerprint density at radius 1 is 1.16 bits per heavy atom. The van der Waals surface area contributed by atoms with E-state index in [9.17, 15) is 18.0 Å². The number of benzene rings is 1. The molecule has 1 atom stereocenters. The molecule has 4 rings (SSSR count). The van der Waals surface area contributed by atoms with Gasteiger partial charge < -0.3 is 10.2 Å². The van der Waals surface area contributed by atoms with Crippen LogP contribution in [0.1, 0.15) is 37.4 Å². The summed E-state index contributed by atoms with van der Waals surface area (Å²) in [6.07, 6.45) is 4.49. The van der Waals surface area contributed by atoms with Gasteiger partial charge in [-0.25, -0.2) is 8.42 Å². The van der Waals surface area contributed by atoms with E-state index >= 15 is 0 Å². The van der Waals surface area contributed by atoms with Crippen LogP contribution in [-0.4, -0.2) is 49.2 Å². The van der Waals surface area contributed by atoms with Crippen molar-refractivity contribution in [2.45, 2.75) is 44.0 Å². The van der Waals surface area contributed by atoms with Crippen LogP contribution in [0.2, 0.25) is 0 Å². The highest BCUT2D eigenvalue weighted by Crippen LogP contribution is 2.31. The van der Waals surface area contributed by atoms with Gasteiger partial charge in [0, 0.05) is 38.4 Å². The van der Waals surface area contributed by atoms with Gasteiger partial charge in [0.05, 0.1) is 23.1 Å². The molecule has 9 heteroatoms. The molecule has 0 bridgehead atoms. The number of carbonyl (C=O) groups excluding carboxylic acids is 2. The monoisotopic (exact) mass is 456 g/mol. The van der Waals surface area contributed by atoms with Crippen LogP contribution in [0, 0.1) is 5.92 Å². The normalized spacial score (nSPS) is 19.3. The van der Waals surface area contributed by atoms with Crippen molar-refractivity contribution in [3.8, 4) is 0 Å². The van der Waals surface area contributed by atoms with Gasteiger partial charge in [0.25, 0.3) is 0 Å². The van der Waals surface area contributed by atoms with E-state index in [2.05, 4.69) is 10.3 Å². The van der Waals surface area contributed by atoms with Crippen LogP contribution in [-0.2, 0) is 32.6 Å². The number of nitrogens with zero attached hydrogens (tertiary/aromatic N) is 3. The summed E-state index contributed by atoms with van der Waals surface area (Å²) in [7, 11) is -3.73. The zero-order valence-electron chi connectivity index (χ0n) is 18.2. The Hall–Kier alpha value is -2.78. The summed E-state index contributed by atoms with van der Waals surface area (Å²) in [5.74, 6) is -0.594. The highest BCUT2D eigenvalue weighted by molar-refractivity contribution is 7.89. The van der Waals surface area contributed by atoms with Crippen molar-refractivity contribution in [3.05, 3.63) is 53.9 Å². The fraction of sp³-hybridized carbons (Fsp3) is 0.435. The Morgan fingerprint density at radius 3 is 2.75 bits per heavy atom. The number of sulfonamides is 1. The van der Waals surface area contributed by atoms with Gasteiger partial charge in [-0.3, -0.25) is 14.6 Å². The number of nitrogens with one attached hydrogen (secondary N) is 1. The highest BCUT2D eigenvalue weighted by Gasteiger charge is 2.34. The molecule has 0 saturated carbocycles. The molecule has 1 saturated heterocycles. The molecule has 32 heavy (non-hydrogen) atoms. The maximum Gasteiger partial charge on any atom is 0.243 e. The number of amides is 2. The van der Waals surface area contributed by atoms with Crippen molar-refractivity contribution in [2.75, 3.05) is 24.5 Å². The predicted molar refractivity (Wildman–Crippen MR) is 120 cm³/mol. The molecule has 2 aromatic rings. The van der Waals surface area contributed by atoms with E-state index in [-0.39, 0.29) is 23.3 Å². The van der Waals surface area contributed by atoms with Crippen LogP contribution < -0.4 is 10.2 Å². The van der Waals surface area contributed by atoms with E-state index in [0.29, 0.717) is 32.5 Å². The number of piperidine rings is 1. The Balaban J connectivity index is 1.46. The quantitative estimate of drug-likeness (QED) is 0.743. The van der Waals surface area contributed by atoms with Crippen molar-refractivity contribution in [1.82, 2.24) is 14.6 Å². The maximum atomic E-state index is 13.3. The van der Waals surface area contributed by atoms with Crippen LogP contribution in [0.3, 0.4) is 0 Å². The molecule has 1 aromatic carbocycles. The lowest BCUT2D eigenvalue weighted by molar-refractivity contribution is -0.126. The third-order valence-corrected chi connectivity index (χ3v) is 7.97. The smallest absolute Gasteiger partial charge is 0.243 e. The second kappa shape index (κ2) is 9.38. The Kier molecular flexibility index (Phi) is 6.57. The van der Waals surface area contributed by atoms with Crippen molar-refractivity contribution in [2.24, 2.45) is 5.92 Å². The zero-order chi connectivity index (χ0) is 22.7. The first kappa shape index (κ1) is 22.4. The molecular weight excluding hydrogens is 428 g/mol. The summed E-state index contributed by atoms with van der Waals surface area (Å²) >= 11 is 0. The summed E-state index contributed by atoms with van der Waals surface area (Å²) in [5, 5.41) is 2.88. The third kappa shape index (κ3) is 4.68. The van der Waals surface area contributed by atoms with Crippen molar-refractivity contribution >= 4 is 27.5 Å². The van der Waals surface area contributed by atoms with Gasteiger partial charge in [0.2, 0.25) is 21.8 Å². The molecule has 2 aliphatic rings. The second-order valence-corrected chi connectivity index (χ2v) is 10.2. The van der Waals surface area contributed by atoms with Gasteiger partial charge in [-0.15, -0.1) is 0 Å². The number of rotatable bonds is 5. The minimum Gasteiger partial charge on any atom is -0.350 e. The lowest BCUT2D eigenvalue weighted by Crippen LogP contribution is -2.45. The van der Waals surface area contributed by atoms with E-state index in [0.717, 1.165) is 29.8 Å². The van der Waals surface area contributed by atoms with Gasteiger partial charge >= 0.3 is 0 Å². The minimum absolute atomic E-state index is 0.0443. The average Bonchev–Trinajstić information content (AvgIpc) is 2.82. The number of aromatic nitrogens is 1. The molecule has 170 valence electrons. The van der Waals surface area contributed by atoms with E-state index in [1.165, 1.54) is 11.2 Å². The first-order chi connectivity index (χ1) is 15.4. The molecule has 0 radical (unpaired) electrons. The van der Waals surface area contributed by atoms with E-state index in [4.69, 9.17) is 0 Å². The lowest BCUT2D eigenvalue weighted by Gasteiger charge is -2.32. The molecule has 0 spiro atoms.